The topological polar surface area (TPSA) is 97.0 Å². The Morgan fingerprint density at radius 2 is 2.16 bits per heavy atom. The minimum absolute atomic E-state index is 0.0467. The van der Waals surface area contributed by atoms with E-state index in [2.05, 4.69) is 27.2 Å². The first-order valence-electron chi connectivity index (χ1n) is 6.42. The van der Waals surface area contributed by atoms with Crippen LogP contribution in [0.15, 0.2) is 12.3 Å². The zero-order chi connectivity index (χ0) is 13.8. The van der Waals surface area contributed by atoms with Gasteiger partial charge >= 0.3 is 0 Å². The third kappa shape index (κ3) is 2.90. The molecule has 1 atom stereocenters. The number of nitrogens with one attached hydrogen (secondary N) is 1. The Morgan fingerprint density at radius 3 is 2.84 bits per heavy atom. The summed E-state index contributed by atoms with van der Waals surface area (Å²) in [6.07, 6.45) is 3.55. The van der Waals surface area contributed by atoms with Crippen molar-refractivity contribution in [2.75, 3.05) is 17.7 Å². The van der Waals surface area contributed by atoms with Gasteiger partial charge in [-0.05, 0) is 25.0 Å². The number of anilines is 2. The lowest BCUT2D eigenvalue weighted by Crippen LogP contribution is -2.24. The standard InChI is InChI=1S/C13H19N5O/c1-3-4-9(7-19)16-12-11-10(17-13(14)18-12)8(2)5-6-15-11/h5-6,9,19H,3-4,7H2,1-2H3,(H3,14,16,17,18)/t9-/m0/s1. The molecule has 0 bridgehead atoms. The lowest BCUT2D eigenvalue weighted by Gasteiger charge is -2.17. The normalized spacial score (nSPS) is 12.6. The molecular weight excluding hydrogens is 242 g/mol. The molecule has 2 heterocycles. The molecule has 0 spiro atoms. The molecule has 0 aliphatic rings. The van der Waals surface area contributed by atoms with Crippen LogP contribution in [0, 0.1) is 6.92 Å². The van der Waals surface area contributed by atoms with Gasteiger partial charge in [-0.1, -0.05) is 13.3 Å². The second kappa shape index (κ2) is 5.79. The van der Waals surface area contributed by atoms with Gasteiger partial charge in [-0.15, -0.1) is 0 Å². The molecule has 0 saturated carbocycles. The van der Waals surface area contributed by atoms with Gasteiger partial charge in [0, 0.05) is 6.20 Å². The monoisotopic (exact) mass is 261 g/mol. The highest BCUT2D eigenvalue weighted by Gasteiger charge is 2.13. The number of rotatable bonds is 5. The molecular formula is C13H19N5O. The van der Waals surface area contributed by atoms with Crippen molar-refractivity contribution in [3.63, 3.8) is 0 Å². The van der Waals surface area contributed by atoms with E-state index in [0.717, 1.165) is 23.9 Å². The number of hydrogen-bond acceptors (Lipinski definition) is 6. The summed E-state index contributed by atoms with van der Waals surface area (Å²) in [5.41, 5.74) is 8.16. The lowest BCUT2D eigenvalue weighted by atomic mass is 10.1. The molecule has 6 nitrogen and oxygen atoms in total. The van der Waals surface area contributed by atoms with Crippen LogP contribution < -0.4 is 11.1 Å². The van der Waals surface area contributed by atoms with Gasteiger partial charge in [0.05, 0.1) is 18.2 Å². The van der Waals surface area contributed by atoms with Crippen LogP contribution in [0.5, 0.6) is 0 Å². The Bertz CT molecular complexity index is 572. The van der Waals surface area contributed by atoms with Crippen LogP contribution in [0.1, 0.15) is 25.3 Å². The van der Waals surface area contributed by atoms with E-state index in [4.69, 9.17) is 5.73 Å². The molecule has 6 heteroatoms. The Morgan fingerprint density at radius 1 is 1.37 bits per heavy atom. The molecule has 0 saturated heterocycles. The Balaban J connectivity index is 2.44. The number of aliphatic hydroxyl groups excluding tert-OH is 1. The fourth-order valence-corrected chi connectivity index (χ4v) is 2.02. The number of hydrogen-bond donors (Lipinski definition) is 3. The summed E-state index contributed by atoms with van der Waals surface area (Å²) in [5, 5.41) is 12.6. The van der Waals surface area contributed by atoms with E-state index in [0.29, 0.717) is 11.3 Å². The number of fused-ring (bicyclic) bond motifs is 1. The van der Waals surface area contributed by atoms with Crippen molar-refractivity contribution in [1.82, 2.24) is 15.0 Å². The third-order valence-electron chi connectivity index (χ3n) is 3.00. The average Bonchev–Trinajstić information content (AvgIpc) is 2.39. The van der Waals surface area contributed by atoms with E-state index in [-0.39, 0.29) is 18.6 Å². The number of aryl methyl sites for hydroxylation is 1. The zero-order valence-corrected chi connectivity index (χ0v) is 11.2. The molecule has 4 N–H and O–H groups in total. The van der Waals surface area contributed by atoms with Gasteiger partial charge < -0.3 is 16.2 Å². The van der Waals surface area contributed by atoms with Crippen molar-refractivity contribution in [2.24, 2.45) is 0 Å². The van der Waals surface area contributed by atoms with Crippen LogP contribution in [0.4, 0.5) is 11.8 Å². The maximum atomic E-state index is 9.36. The molecule has 2 rings (SSSR count). The van der Waals surface area contributed by atoms with Gasteiger partial charge in [-0.25, -0.2) is 4.98 Å². The van der Waals surface area contributed by atoms with Gasteiger partial charge in [0.2, 0.25) is 5.95 Å². The van der Waals surface area contributed by atoms with E-state index in [1.54, 1.807) is 6.20 Å². The number of aromatic nitrogens is 3. The van der Waals surface area contributed by atoms with Crippen LogP contribution >= 0.6 is 0 Å². The highest BCUT2D eigenvalue weighted by molar-refractivity contribution is 5.88. The second-order valence-electron chi connectivity index (χ2n) is 4.57. The fraction of sp³-hybridized carbons (Fsp3) is 0.462. The Hall–Kier alpha value is -1.95. The summed E-state index contributed by atoms with van der Waals surface area (Å²) in [7, 11) is 0. The minimum atomic E-state index is -0.0511. The molecule has 0 aliphatic carbocycles. The van der Waals surface area contributed by atoms with Gasteiger partial charge in [0.15, 0.2) is 5.82 Å². The number of nitrogen functional groups attached to an aromatic ring is 1. The first-order chi connectivity index (χ1) is 9.15. The van der Waals surface area contributed by atoms with Crippen LogP contribution in [-0.2, 0) is 0 Å². The number of nitrogens with two attached hydrogens (primary N) is 1. The smallest absolute Gasteiger partial charge is 0.222 e. The summed E-state index contributed by atoms with van der Waals surface area (Å²) in [6.45, 7) is 4.07. The van der Waals surface area contributed by atoms with E-state index in [1.807, 2.05) is 13.0 Å². The van der Waals surface area contributed by atoms with Crippen LogP contribution in [0.2, 0.25) is 0 Å². The summed E-state index contributed by atoms with van der Waals surface area (Å²) in [4.78, 5) is 12.7. The Labute approximate surface area is 112 Å². The summed E-state index contributed by atoms with van der Waals surface area (Å²) in [6, 6.07) is 1.83. The van der Waals surface area contributed by atoms with Gasteiger partial charge in [0.1, 0.15) is 5.52 Å². The molecule has 0 radical (unpaired) electrons. The van der Waals surface area contributed by atoms with E-state index in [1.165, 1.54) is 0 Å². The average molecular weight is 261 g/mol. The SMILES string of the molecule is CCC[C@@H](CO)Nc1nc(N)nc2c(C)ccnc12. The fourth-order valence-electron chi connectivity index (χ4n) is 2.02. The van der Waals surface area contributed by atoms with Gasteiger partial charge in [0.25, 0.3) is 0 Å². The number of aliphatic hydroxyl groups is 1. The van der Waals surface area contributed by atoms with Crippen molar-refractivity contribution < 1.29 is 5.11 Å². The van der Waals surface area contributed by atoms with E-state index < -0.39 is 0 Å². The lowest BCUT2D eigenvalue weighted by molar-refractivity contribution is 0.268. The minimum Gasteiger partial charge on any atom is -0.394 e. The molecule has 0 unspecified atom stereocenters. The quantitative estimate of drug-likeness (QED) is 0.754. The zero-order valence-electron chi connectivity index (χ0n) is 11.2. The maximum absolute atomic E-state index is 9.36. The predicted molar refractivity (Wildman–Crippen MR) is 75.9 cm³/mol. The molecule has 19 heavy (non-hydrogen) atoms. The molecule has 2 aromatic heterocycles. The molecule has 0 amide bonds. The number of nitrogens with zero attached hydrogens (tertiary/aromatic N) is 3. The second-order valence-corrected chi connectivity index (χ2v) is 4.57. The van der Waals surface area contributed by atoms with Gasteiger partial charge in [-0.2, -0.15) is 4.98 Å². The van der Waals surface area contributed by atoms with Crippen molar-refractivity contribution in [3.05, 3.63) is 17.8 Å². The molecule has 0 fully saturated rings. The van der Waals surface area contributed by atoms with E-state index >= 15 is 0 Å². The summed E-state index contributed by atoms with van der Waals surface area (Å²) < 4.78 is 0. The van der Waals surface area contributed by atoms with Gasteiger partial charge in [-0.3, -0.25) is 4.98 Å². The largest absolute Gasteiger partial charge is 0.394 e. The first-order valence-corrected chi connectivity index (χ1v) is 6.42. The highest BCUT2D eigenvalue weighted by Crippen LogP contribution is 2.22. The maximum Gasteiger partial charge on any atom is 0.222 e. The summed E-state index contributed by atoms with van der Waals surface area (Å²) >= 11 is 0. The molecule has 0 aliphatic heterocycles. The van der Waals surface area contributed by atoms with Crippen molar-refractivity contribution in [3.8, 4) is 0 Å². The molecule has 2 aromatic rings. The van der Waals surface area contributed by atoms with Crippen molar-refractivity contribution >= 4 is 22.8 Å². The number of pyridine rings is 1. The molecule has 0 aromatic carbocycles. The summed E-state index contributed by atoms with van der Waals surface area (Å²) in [5.74, 6) is 0.790. The highest BCUT2D eigenvalue weighted by atomic mass is 16.3. The third-order valence-corrected chi connectivity index (χ3v) is 3.00. The molecule has 102 valence electrons. The van der Waals surface area contributed by atoms with E-state index in [9.17, 15) is 5.11 Å². The van der Waals surface area contributed by atoms with Crippen LogP contribution in [0.3, 0.4) is 0 Å². The van der Waals surface area contributed by atoms with Crippen LogP contribution in [0.25, 0.3) is 11.0 Å². The first kappa shape index (κ1) is 13.5. The predicted octanol–water partition coefficient (Wildman–Crippen LogP) is 1.49. The van der Waals surface area contributed by atoms with Crippen LogP contribution in [-0.4, -0.2) is 32.7 Å². The Kier molecular flexibility index (Phi) is 4.11. The van der Waals surface area contributed by atoms with Crippen molar-refractivity contribution in [1.29, 1.82) is 0 Å². The van der Waals surface area contributed by atoms with Crippen molar-refractivity contribution in [2.45, 2.75) is 32.7 Å².